The summed E-state index contributed by atoms with van der Waals surface area (Å²) in [4.78, 5) is -0.175. The van der Waals surface area contributed by atoms with Gasteiger partial charge >= 0.3 is 365 Å². The fourth-order valence-corrected chi connectivity index (χ4v) is 19.6. The fourth-order valence-electron chi connectivity index (χ4n) is 8.36. The van der Waals surface area contributed by atoms with Crippen molar-refractivity contribution >= 4 is 39.2 Å². The molecule has 4 aromatic carbocycles. The topological polar surface area (TPSA) is 74.8 Å². The van der Waals surface area contributed by atoms with Gasteiger partial charge in [-0.3, -0.25) is 0 Å². The number of aryl methyl sites for hydroxylation is 2. The normalized spacial score (nSPS) is 14.1. The quantitative estimate of drug-likeness (QED) is 0.0503. The standard InChI is InChI=1S/2C19H22F2NO2S.2C5H5.Ti/c2*1-3-4-5-6-13-22(19-12-9-16(20)14-18(19)21)25(23,24)17-10-7-15(2)8-11-17;2*1-2-4-5-3-1;/h2*7-12H,3-6,13H2,1-2H3;2*1-3H,4H2;. The maximum atomic E-state index is 18.2. The molecular weight excluding hydrogens is 857 g/mol. The molecule has 0 aromatic heterocycles. The molecule has 0 bridgehead atoms. The van der Waals surface area contributed by atoms with E-state index >= 15 is 17.6 Å². The van der Waals surface area contributed by atoms with E-state index in [-0.39, 0.29) is 35.7 Å². The van der Waals surface area contributed by atoms with Gasteiger partial charge in [-0.15, -0.1) is 0 Å². The van der Waals surface area contributed by atoms with Gasteiger partial charge in [0.05, 0.1) is 0 Å². The minimum atomic E-state index is -5.58. The van der Waals surface area contributed by atoms with E-state index < -0.39 is 79.0 Å². The van der Waals surface area contributed by atoms with E-state index in [1.54, 1.807) is 60.7 Å². The number of hydrogen-bond donors (Lipinski definition) is 0. The first kappa shape index (κ1) is 46.3. The second kappa shape index (κ2) is 19.9. The van der Waals surface area contributed by atoms with Crippen LogP contribution in [0.1, 0.15) is 89.2 Å². The molecule has 2 aliphatic carbocycles. The van der Waals surface area contributed by atoms with Crippen molar-refractivity contribution in [1.29, 1.82) is 0 Å². The SMILES string of the molecule is CCCCCCN(c1ccc(F)[c]([Ti]([C]2=CC=CC2)([C]2=CC=CC2)[c]2c(F)ccc(N(CCCCCC)S(=O)(=O)c3ccc(C)cc3)c2F)c1F)S(=O)(=O)c1ccc(C)cc1. The molecule has 2 aliphatic rings. The van der Waals surface area contributed by atoms with Crippen LogP contribution in [0.5, 0.6) is 0 Å². The zero-order valence-corrected chi connectivity index (χ0v) is 38.4. The molecule has 6 rings (SSSR count). The third-order valence-electron chi connectivity index (χ3n) is 11.6. The van der Waals surface area contributed by atoms with Crippen molar-refractivity contribution in [3.05, 3.63) is 151 Å². The van der Waals surface area contributed by atoms with Crippen molar-refractivity contribution in [2.24, 2.45) is 0 Å². The Morgan fingerprint density at radius 2 is 0.902 bits per heavy atom. The third kappa shape index (κ3) is 9.29. The predicted molar refractivity (Wildman–Crippen MR) is 235 cm³/mol. The van der Waals surface area contributed by atoms with Crippen molar-refractivity contribution < 1.29 is 51.0 Å². The monoisotopic (exact) mass is 910 g/mol. The van der Waals surface area contributed by atoms with E-state index in [0.29, 0.717) is 33.4 Å². The molecule has 324 valence electrons. The van der Waals surface area contributed by atoms with Crippen molar-refractivity contribution in [2.75, 3.05) is 21.7 Å². The molecule has 4 aromatic rings. The van der Waals surface area contributed by atoms with Crippen molar-refractivity contribution in [1.82, 2.24) is 0 Å². The molecule has 0 N–H and O–H groups in total. The summed E-state index contributed by atoms with van der Waals surface area (Å²) in [5, 5.41) is 0. The van der Waals surface area contributed by atoms with Gasteiger partial charge in [-0.2, -0.15) is 0 Å². The van der Waals surface area contributed by atoms with Crippen LogP contribution in [-0.4, -0.2) is 29.9 Å². The summed E-state index contributed by atoms with van der Waals surface area (Å²) in [6, 6.07) is 16.5. The molecule has 6 nitrogen and oxygen atoms in total. The van der Waals surface area contributed by atoms with Gasteiger partial charge < -0.3 is 0 Å². The second-order valence-electron chi connectivity index (χ2n) is 15.8. The van der Waals surface area contributed by atoms with Crippen LogP contribution < -0.4 is 16.3 Å². The first-order valence-electron chi connectivity index (χ1n) is 21.1. The zero-order chi connectivity index (χ0) is 44.0. The Bertz CT molecular complexity index is 2390. The maximum absolute atomic E-state index is 18.2. The molecule has 0 spiro atoms. The van der Waals surface area contributed by atoms with Crippen LogP contribution in [0.15, 0.2) is 127 Å². The van der Waals surface area contributed by atoms with E-state index in [9.17, 15) is 16.8 Å². The van der Waals surface area contributed by atoms with Gasteiger partial charge in [0.1, 0.15) is 0 Å². The molecule has 0 aliphatic heterocycles. The molecule has 0 fully saturated rings. The molecule has 61 heavy (non-hydrogen) atoms. The number of anilines is 2. The Hall–Kier alpha value is -4.23. The van der Waals surface area contributed by atoms with Gasteiger partial charge in [-0.25, -0.2) is 0 Å². The Balaban J connectivity index is 1.66. The number of sulfonamides is 2. The van der Waals surface area contributed by atoms with Crippen LogP contribution in [0.4, 0.5) is 28.9 Å². The van der Waals surface area contributed by atoms with Crippen LogP contribution in [0.25, 0.3) is 0 Å². The molecule has 0 unspecified atom stereocenters. The Morgan fingerprint density at radius 1 is 0.525 bits per heavy atom. The summed E-state index contributed by atoms with van der Waals surface area (Å²) in [6.07, 6.45) is 15.8. The van der Waals surface area contributed by atoms with Gasteiger partial charge in [0.25, 0.3) is 0 Å². The number of rotatable bonds is 20. The Morgan fingerprint density at radius 3 is 1.23 bits per heavy atom. The average Bonchev–Trinajstić information content (AvgIpc) is 3.98. The molecule has 0 saturated carbocycles. The van der Waals surface area contributed by atoms with E-state index in [1.807, 2.05) is 27.7 Å². The molecule has 0 saturated heterocycles. The third-order valence-corrected chi connectivity index (χ3v) is 23.2. The molecular formula is C48H54F4N2O4S2Ti. The average molecular weight is 911 g/mol. The van der Waals surface area contributed by atoms with Crippen LogP contribution >= 0.6 is 0 Å². The number of hydrogen-bond acceptors (Lipinski definition) is 4. The molecule has 0 heterocycles. The number of unbranched alkanes of at least 4 members (excludes halogenated alkanes) is 6. The first-order valence-corrected chi connectivity index (χ1v) is 27.1. The fraction of sp³-hybridized carbons (Fsp3) is 0.333. The van der Waals surface area contributed by atoms with Crippen molar-refractivity contribution in [3.8, 4) is 0 Å². The van der Waals surface area contributed by atoms with Gasteiger partial charge in [0.15, 0.2) is 0 Å². The Kier molecular flexibility index (Phi) is 15.1. The van der Waals surface area contributed by atoms with E-state index in [4.69, 9.17) is 0 Å². The summed E-state index contributed by atoms with van der Waals surface area (Å²) in [5.41, 5.74) is 0.767. The zero-order valence-electron chi connectivity index (χ0n) is 35.2. The molecule has 0 atom stereocenters. The van der Waals surface area contributed by atoms with Gasteiger partial charge in [0.2, 0.25) is 0 Å². The van der Waals surface area contributed by atoms with Crippen LogP contribution in [0.2, 0.25) is 0 Å². The van der Waals surface area contributed by atoms with Gasteiger partial charge in [-0.05, 0) is 0 Å². The number of benzene rings is 4. The molecule has 0 amide bonds. The second-order valence-corrected chi connectivity index (χ2v) is 25.4. The number of allylic oxidation sites excluding steroid dienone is 8. The summed E-state index contributed by atoms with van der Waals surface area (Å²) >= 11 is -5.58. The minimum absolute atomic E-state index is 0.0873. The van der Waals surface area contributed by atoms with Crippen LogP contribution in [0.3, 0.4) is 0 Å². The van der Waals surface area contributed by atoms with E-state index in [2.05, 4.69) is 0 Å². The Labute approximate surface area is 362 Å². The molecule has 13 heteroatoms. The van der Waals surface area contributed by atoms with Crippen molar-refractivity contribution in [2.45, 2.75) is 102 Å². The van der Waals surface area contributed by atoms with Crippen molar-refractivity contribution in [3.63, 3.8) is 0 Å². The van der Waals surface area contributed by atoms with E-state index in [0.717, 1.165) is 69.7 Å². The predicted octanol–water partition coefficient (Wildman–Crippen LogP) is 11.2. The van der Waals surface area contributed by atoms with Gasteiger partial charge in [-0.1, -0.05) is 0 Å². The molecule has 0 radical (unpaired) electrons. The van der Waals surface area contributed by atoms with Crippen LogP contribution in [-0.2, 0) is 36.6 Å². The van der Waals surface area contributed by atoms with E-state index in [1.165, 1.54) is 24.3 Å². The summed E-state index contributed by atoms with van der Waals surface area (Å²) < 4.78 is 131. The number of nitrogens with zero attached hydrogens (tertiary/aromatic N) is 2. The first-order chi connectivity index (χ1) is 29.2. The summed E-state index contributed by atoms with van der Waals surface area (Å²) in [5.74, 6) is -4.60. The number of halogens is 4. The summed E-state index contributed by atoms with van der Waals surface area (Å²) in [6.45, 7) is 7.38. The van der Waals surface area contributed by atoms with Crippen LogP contribution in [0, 0.1) is 37.1 Å². The van der Waals surface area contributed by atoms with Gasteiger partial charge in [0, 0.05) is 0 Å². The summed E-state index contributed by atoms with van der Waals surface area (Å²) in [7, 11) is -8.87.